The second kappa shape index (κ2) is 9.94. The van der Waals surface area contributed by atoms with E-state index >= 15 is 0 Å². The highest BCUT2D eigenvalue weighted by Crippen LogP contribution is 2.44. The van der Waals surface area contributed by atoms with Crippen LogP contribution in [0.25, 0.3) is 11.1 Å². The lowest BCUT2D eigenvalue weighted by Gasteiger charge is -2.35. The van der Waals surface area contributed by atoms with Crippen LogP contribution in [0.1, 0.15) is 85.8 Å². The minimum absolute atomic E-state index is 0.0305. The summed E-state index contributed by atoms with van der Waals surface area (Å²) in [5, 5.41) is 20.3. The van der Waals surface area contributed by atoms with Crippen molar-refractivity contribution in [2.45, 2.75) is 83.7 Å². The zero-order valence-corrected chi connectivity index (χ0v) is 21.4. The molecule has 4 heteroatoms. The summed E-state index contributed by atoms with van der Waals surface area (Å²) in [5.74, 6) is -0.854. The van der Waals surface area contributed by atoms with Gasteiger partial charge in [-0.15, -0.1) is 0 Å². The summed E-state index contributed by atoms with van der Waals surface area (Å²) in [6.45, 7) is 8.75. The average Bonchev–Trinajstić information content (AvgIpc) is 3.27. The number of carboxylic acid groups (broad SMARTS) is 1. The van der Waals surface area contributed by atoms with Gasteiger partial charge in [0.05, 0.1) is 12.0 Å². The van der Waals surface area contributed by atoms with Gasteiger partial charge >= 0.3 is 5.97 Å². The molecule has 1 fully saturated rings. The minimum Gasteiger partial charge on any atom is -0.481 e. The Kier molecular flexibility index (Phi) is 7.14. The van der Waals surface area contributed by atoms with Crippen molar-refractivity contribution in [2.75, 3.05) is 0 Å². The summed E-state index contributed by atoms with van der Waals surface area (Å²) >= 11 is 0. The molecule has 0 atom stereocenters. The predicted molar refractivity (Wildman–Crippen MR) is 141 cm³/mol. The van der Waals surface area contributed by atoms with E-state index in [1.165, 1.54) is 16.7 Å². The first-order chi connectivity index (χ1) is 16.7. The Morgan fingerprint density at radius 2 is 1.57 bits per heavy atom. The van der Waals surface area contributed by atoms with Crippen LogP contribution < -0.4 is 0 Å². The van der Waals surface area contributed by atoms with E-state index in [1.54, 1.807) is 12.4 Å². The SMILES string of the molecule is CCC(CC)(c1ccc(-c2cncc(CC(=O)O)c2)c(C)c1)c1ccc(C2(O)CCCC2)c(C)c1. The number of aliphatic carboxylic acids is 1. The third kappa shape index (κ3) is 4.77. The molecule has 0 bridgehead atoms. The first-order valence-electron chi connectivity index (χ1n) is 12.8. The van der Waals surface area contributed by atoms with Crippen molar-refractivity contribution in [3.05, 3.63) is 88.2 Å². The van der Waals surface area contributed by atoms with Gasteiger partial charge in [-0.2, -0.15) is 0 Å². The van der Waals surface area contributed by atoms with Gasteiger partial charge in [-0.05, 0) is 84.5 Å². The molecule has 0 aliphatic heterocycles. The molecule has 1 aliphatic carbocycles. The van der Waals surface area contributed by atoms with Crippen LogP contribution in [0.3, 0.4) is 0 Å². The van der Waals surface area contributed by atoms with Crippen LogP contribution in [0.2, 0.25) is 0 Å². The molecule has 35 heavy (non-hydrogen) atoms. The van der Waals surface area contributed by atoms with E-state index in [-0.39, 0.29) is 11.8 Å². The Morgan fingerprint density at radius 1 is 0.943 bits per heavy atom. The number of aliphatic hydroxyl groups is 1. The lowest BCUT2D eigenvalue weighted by Crippen LogP contribution is -2.28. The van der Waals surface area contributed by atoms with Gasteiger partial charge in [0.25, 0.3) is 0 Å². The zero-order chi connectivity index (χ0) is 25.2. The molecular weight excluding hydrogens is 434 g/mol. The molecule has 1 aliphatic rings. The van der Waals surface area contributed by atoms with E-state index in [1.807, 2.05) is 6.07 Å². The molecule has 4 rings (SSSR count). The quantitative estimate of drug-likeness (QED) is 0.376. The standard InChI is InChI=1S/C31H37NO3/c1-5-30(6-2,26-10-12-28(22(4)16-26)31(35)13-7-8-14-31)25-9-11-27(21(3)15-25)24-17-23(18-29(33)34)19-32-20-24/h9-12,15-17,19-20,35H,5-8,13-14,18H2,1-4H3,(H,33,34). The van der Waals surface area contributed by atoms with Crippen molar-refractivity contribution in [2.24, 2.45) is 0 Å². The van der Waals surface area contributed by atoms with Crippen molar-refractivity contribution in [1.82, 2.24) is 4.98 Å². The van der Waals surface area contributed by atoms with Crippen molar-refractivity contribution in [3.63, 3.8) is 0 Å². The van der Waals surface area contributed by atoms with Crippen molar-refractivity contribution < 1.29 is 15.0 Å². The monoisotopic (exact) mass is 471 g/mol. The highest BCUT2D eigenvalue weighted by Gasteiger charge is 2.36. The van der Waals surface area contributed by atoms with E-state index in [9.17, 15) is 9.90 Å². The van der Waals surface area contributed by atoms with E-state index in [0.29, 0.717) is 5.56 Å². The first kappa shape index (κ1) is 25.1. The predicted octanol–water partition coefficient (Wildman–Crippen LogP) is 6.86. The van der Waals surface area contributed by atoms with Crippen LogP contribution in [0.4, 0.5) is 0 Å². The third-order valence-corrected chi connectivity index (χ3v) is 8.16. The van der Waals surface area contributed by atoms with Gasteiger partial charge in [0.1, 0.15) is 0 Å². The number of rotatable bonds is 8. The van der Waals surface area contributed by atoms with E-state index in [0.717, 1.165) is 60.8 Å². The molecule has 4 nitrogen and oxygen atoms in total. The highest BCUT2D eigenvalue weighted by molar-refractivity contribution is 5.72. The minimum atomic E-state index is -0.854. The van der Waals surface area contributed by atoms with E-state index in [4.69, 9.17) is 5.11 Å². The number of aromatic nitrogens is 1. The van der Waals surface area contributed by atoms with Crippen molar-refractivity contribution >= 4 is 5.97 Å². The first-order valence-corrected chi connectivity index (χ1v) is 12.8. The molecule has 1 saturated carbocycles. The Labute approximate surface area is 209 Å². The molecule has 2 N–H and O–H groups in total. The van der Waals surface area contributed by atoms with E-state index < -0.39 is 11.6 Å². The number of aryl methyl sites for hydroxylation is 2. The Balaban J connectivity index is 1.72. The Bertz CT molecular complexity index is 1220. The molecule has 0 unspecified atom stereocenters. The number of benzene rings is 2. The maximum atomic E-state index is 11.2. The summed E-state index contributed by atoms with van der Waals surface area (Å²) < 4.78 is 0. The van der Waals surface area contributed by atoms with Gasteiger partial charge in [0.2, 0.25) is 0 Å². The van der Waals surface area contributed by atoms with Gasteiger partial charge < -0.3 is 10.2 Å². The van der Waals surface area contributed by atoms with E-state index in [2.05, 4.69) is 69.1 Å². The number of hydrogen-bond donors (Lipinski definition) is 2. The lowest BCUT2D eigenvalue weighted by molar-refractivity contribution is -0.136. The van der Waals surface area contributed by atoms with Crippen LogP contribution in [-0.4, -0.2) is 21.2 Å². The van der Waals surface area contributed by atoms with Crippen LogP contribution >= 0.6 is 0 Å². The molecule has 0 saturated heterocycles. The zero-order valence-electron chi connectivity index (χ0n) is 21.4. The molecule has 0 radical (unpaired) electrons. The van der Waals surface area contributed by atoms with Gasteiger partial charge in [0, 0.05) is 23.4 Å². The number of carboxylic acids is 1. The molecule has 1 heterocycles. The third-order valence-electron chi connectivity index (χ3n) is 8.16. The number of pyridine rings is 1. The lowest BCUT2D eigenvalue weighted by atomic mass is 9.69. The van der Waals surface area contributed by atoms with Crippen molar-refractivity contribution in [3.8, 4) is 11.1 Å². The van der Waals surface area contributed by atoms with Crippen LogP contribution in [0.15, 0.2) is 54.9 Å². The van der Waals surface area contributed by atoms with Crippen LogP contribution in [0, 0.1) is 13.8 Å². The van der Waals surface area contributed by atoms with Crippen LogP contribution in [0.5, 0.6) is 0 Å². The second-order valence-corrected chi connectivity index (χ2v) is 10.2. The molecule has 2 aromatic carbocycles. The summed E-state index contributed by atoms with van der Waals surface area (Å²) in [7, 11) is 0. The molecule has 0 spiro atoms. The molecule has 3 aromatic rings. The molecular formula is C31H37NO3. The second-order valence-electron chi connectivity index (χ2n) is 10.2. The fourth-order valence-corrected chi connectivity index (χ4v) is 6.14. The molecule has 0 amide bonds. The number of carbonyl (C=O) groups is 1. The largest absolute Gasteiger partial charge is 0.481 e. The van der Waals surface area contributed by atoms with Gasteiger partial charge in [-0.1, -0.05) is 63.1 Å². The molecule has 1 aromatic heterocycles. The van der Waals surface area contributed by atoms with Crippen LogP contribution in [-0.2, 0) is 22.2 Å². The molecule has 184 valence electrons. The summed E-state index contributed by atoms with van der Waals surface area (Å²) in [4.78, 5) is 15.4. The maximum absolute atomic E-state index is 11.2. The number of nitrogens with zero attached hydrogens (tertiary/aromatic N) is 1. The smallest absolute Gasteiger partial charge is 0.307 e. The summed E-state index contributed by atoms with van der Waals surface area (Å²) in [6, 6.07) is 15.2. The van der Waals surface area contributed by atoms with Gasteiger partial charge in [0.15, 0.2) is 0 Å². The van der Waals surface area contributed by atoms with Gasteiger partial charge in [-0.3, -0.25) is 9.78 Å². The summed E-state index contributed by atoms with van der Waals surface area (Å²) in [6.07, 6.45) is 9.22. The topological polar surface area (TPSA) is 70.4 Å². The normalized spacial score (nSPS) is 15.3. The average molecular weight is 472 g/mol. The summed E-state index contributed by atoms with van der Waals surface area (Å²) in [5.41, 5.74) is 7.91. The maximum Gasteiger partial charge on any atom is 0.307 e. The van der Waals surface area contributed by atoms with Crippen molar-refractivity contribution in [1.29, 1.82) is 0 Å². The Hall–Kier alpha value is -2.98. The Morgan fingerprint density at radius 3 is 2.14 bits per heavy atom. The highest BCUT2D eigenvalue weighted by atomic mass is 16.4. The fraction of sp³-hybridized carbons (Fsp3) is 0.419. The number of hydrogen-bond acceptors (Lipinski definition) is 3. The fourth-order valence-electron chi connectivity index (χ4n) is 6.14. The van der Waals surface area contributed by atoms with Gasteiger partial charge in [-0.25, -0.2) is 0 Å².